The van der Waals surface area contributed by atoms with Crippen molar-refractivity contribution in [2.24, 2.45) is 0 Å². The maximum atomic E-state index is 12.2. The number of nitrogens with one attached hydrogen (secondary N) is 3. The van der Waals surface area contributed by atoms with E-state index in [0.717, 1.165) is 12.8 Å². The molecule has 0 saturated carbocycles. The van der Waals surface area contributed by atoms with Gasteiger partial charge in [-0.05, 0) is 88.5 Å². The minimum Gasteiger partial charge on any atom is -0.478 e. The van der Waals surface area contributed by atoms with Gasteiger partial charge in [0.1, 0.15) is 0 Å². The van der Waals surface area contributed by atoms with Crippen LogP contribution in [0.15, 0.2) is 36.5 Å². The summed E-state index contributed by atoms with van der Waals surface area (Å²) < 4.78 is 0. The molecule has 0 aliphatic heterocycles. The summed E-state index contributed by atoms with van der Waals surface area (Å²) in [6.07, 6.45) is 6.18. The van der Waals surface area contributed by atoms with E-state index in [2.05, 4.69) is 22.5 Å². The average molecular weight is 707 g/mol. The molecule has 1 rings (SSSR count). The third-order valence-corrected chi connectivity index (χ3v) is 7.66. The summed E-state index contributed by atoms with van der Waals surface area (Å²) in [5.74, 6) is -3.04. The van der Waals surface area contributed by atoms with E-state index in [-0.39, 0.29) is 56.3 Å². The molecule has 0 unspecified atom stereocenters. The Morgan fingerprint density at radius 3 is 1.52 bits per heavy atom. The van der Waals surface area contributed by atoms with Crippen molar-refractivity contribution in [1.29, 1.82) is 0 Å². The number of carbonyl (C=O) groups is 6. The Balaban J connectivity index is 2.02. The molecular formula is C34H54N6O10. The second kappa shape index (κ2) is 25.4. The van der Waals surface area contributed by atoms with Gasteiger partial charge in [-0.15, -0.1) is 0 Å². The number of hydrogen-bond acceptors (Lipinski definition) is 10. The first-order valence-corrected chi connectivity index (χ1v) is 17.1. The van der Waals surface area contributed by atoms with Gasteiger partial charge in [0.05, 0.1) is 5.56 Å². The van der Waals surface area contributed by atoms with Crippen LogP contribution in [-0.4, -0.2) is 111 Å². The largest absolute Gasteiger partial charge is 0.478 e. The highest BCUT2D eigenvalue weighted by molar-refractivity contribution is 5.95. The number of carbonyl (C=O) groups excluding carboxylic acids is 5. The van der Waals surface area contributed by atoms with E-state index in [9.17, 15) is 44.4 Å². The van der Waals surface area contributed by atoms with Crippen molar-refractivity contribution in [3.05, 3.63) is 47.7 Å². The van der Waals surface area contributed by atoms with Gasteiger partial charge >= 0.3 is 5.97 Å². The zero-order chi connectivity index (χ0) is 37.3. The average Bonchev–Trinajstić information content (AvgIpc) is 3.09. The van der Waals surface area contributed by atoms with Crippen LogP contribution < -0.4 is 16.0 Å². The summed E-state index contributed by atoms with van der Waals surface area (Å²) in [5.41, 5.74) is 1.12. The summed E-state index contributed by atoms with van der Waals surface area (Å²) in [4.78, 5) is 70.2. The van der Waals surface area contributed by atoms with Crippen LogP contribution in [0.25, 0.3) is 0 Å². The Labute approximate surface area is 293 Å². The SMILES string of the molecule is C=C(CCC(=O)N(O)CCCCCNC(=O)c1ccc(C(=O)O)cc1)NCCCCCN(O)C(=O)CCC(=O)NCCCCCN(O)C(C)=O. The molecule has 1 aromatic carbocycles. The zero-order valence-corrected chi connectivity index (χ0v) is 29.0. The molecule has 1 aromatic rings. The summed E-state index contributed by atoms with van der Waals surface area (Å²) in [5, 5.41) is 48.8. The zero-order valence-electron chi connectivity index (χ0n) is 29.0. The molecule has 0 radical (unpaired) electrons. The molecular weight excluding hydrogens is 652 g/mol. The highest BCUT2D eigenvalue weighted by Gasteiger charge is 2.14. The molecule has 0 aliphatic carbocycles. The van der Waals surface area contributed by atoms with Gasteiger partial charge in [0.15, 0.2) is 0 Å². The van der Waals surface area contributed by atoms with E-state index in [0.29, 0.717) is 97.5 Å². The summed E-state index contributed by atoms with van der Waals surface area (Å²) in [7, 11) is 0. The maximum Gasteiger partial charge on any atom is 0.335 e. The maximum absolute atomic E-state index is 12.2. The van der Waals surface area contributed by atoms with Crippen LogP contribution >= 0.6 is 0 Å². The predicted molar refractivity (Wildman–Crippen MR) is 182 cm³/mol. The van der Waals surface area contributed by atoms with Gasteiger partial charge in [-0.2, -0.15) is 0 Å². The number of nitrogens with zero attached hydrogens (tertiary/aromatic N) is 3. The molecule has 5 amide bonds. The third kappa shape index (κ3) is 20.1. The molecule has 7 N–H and O–H groups in total. The highest BCUT2D eigenvalue weighted by atomic mass is 16.5. The Kier molecular flexibility index (Phi) is 22.1. The standard InChI is InChI=1S/C34H54N6O10/c1-26(12-18-31(43)39(49)24-11-5-8-22-37-33(45)28-13-15-29(16-14-28)34(46)47)35-20-6-3-10-25-40(50)32(44)19-17-30(42)36-21-7-4-9-23-38(48)27(2)41/h13-16,35,48-50H,1,3-12,17-25H2,2H3,(H,36,42)(H,37,45)(H,46,47). The lowest BCUT2D eigenvalue weighted by molar-refractivity contribution is -0.166. The number of aromatic carboxylic acids is 1. The lowest BCUT2D eigenvalue weighted by Gasteiger charge is -2.16. The smallest absolute Gasteiger partial charge is 0.335 e. The molecule has 0 heterocycles. The number of carboxylic acids is 1. The molecule has 16 nitrogen and oxygen atoms in total. The van der Waals surface area contributed by atoms with Crippen LogP contribution in [0.4, 0.5) is 0 Å². The summed E-state index contributed by atoms with van der Waals surface area (Å²) >= 11 is 0. The van der Waals surface area contributed by atoms with E-state index in [4.69, 9.17) is 5.11 Å². The Bertz CT molecular complexity index is 1240. The van der Waals surface area contributed by atoms with Crippen molar-refractivity contribution in [1.82, 2.24) is 31.1 Å². The minimum absolute atomic E-state index is 0.0366. The van der Waals surface area contributed by atoms with Crippen LogP contribution in [0.3, 0.4) is 0 Å². The van der Waals surface area contributed by atoms with Crippen LogP contribution in [-0.2, 0) is 19.2 Å². The lowest BCUT2D eigenvalue weighted by atomic mass is 10.1. The predicted octanol–water partition coefficient (Wildman–Crippen LogP) is 3.08. The van der Waals surface area contributed by atoms with Gasteiger partial charge in [0.2, 0.25) is 23.6 Å². The Morgan fingerprint density at radius 1 is 0.580 bits per heavy atom. The molecule has 280 valence electrons. The topological polar surface area (TPSA) is 229 Å². The number of hydroxylamine groups is 6. The van der Waals surface area contributed by atoms with Crippen molar-refractivity contribution in [2.75, 3.05) is 39.3 Å². The van der Waals surface area contributed by atoms with E-state index in [1.165, 1.54) is 31.2 Å². The second-order valence-corrected chi connectivity index (χ2v) is 11.9. The van der Waals surface area contributed by atoms with Crippen molar-refractivity contribution in [3.8, 4) is 0 Å². The number of rotatable bonds is 27. The highest BCUT2D eigenvalue weighted by Crippen LogP contribution is 2.07. The van der Waals surface area contributed by atoms with Crippen molar-refractivity contribution < 1.29 is 49.5 Å². The van der Waals surface area contributed by atoms with Gasteiger partial charge in [-0.3, -0.25) is 39.6 Å². The number of amides is 5. The number of carboxylic acid groups (broad SMARTS) is 1. The first-order valence-electron chi connectivity index (χ1n) is 17.1. The number of unbranched alkanes of at least 4 members (excludes halogenated alkanes) is 6. The van der Waals surface area contributed by atoms with Gasteiger partial charge in [0, 0.05) is 76.7 Å². The van der Waals surface area contributed by atoms with Crippen molar-refractivity contribution in [3.63, 3.8) is 0 Å². The fourth-order valence-corrected chi connectivity index (χ4v) is 4.57. The first-order chi connectivity index (χ1) is 23.8. The molecule has 0 saturated heterocycles. The van der Waals surface area contributed by atoms with E-state index in [1.807, 2.05) is 0 Å². The molecule has 0 aliphatic rings. The summed E-state index contributed by atoms with van der Waals surface area (Å²) in [6.45, 7) is 7.13. The van der Waals surface area contributed by atoms with E-state index < -0.39 is 23.7 Å². The normalized spacial score (nSPS) is 10.6. The fraction of sp³-hybridized carbons (Fsp3) is 0.588. The molecule has 0 atom stereocenters. The first kappa shape index (κ1) is 43.5. The molecule has 50 heavy (non-hydrogen) atoms. The second-order valence-electron chi connectivity index (χ2n) is 11.9. The van der Waals surface area contributed by atoms with Crippen LogP contribution in [0.5, 0.6) is 0 Å². The molecule has 0 spiro atoms. The number of hydrogen-bond donors (Lipinski definition) is 7. The van der Waals surface area contributed by atoms with Crippen LogP contribution in [0.2, 0.25) is 0 Å². The van der Waals surface area contributed by atoms with E-state index >= 15 is 0 Å². The Hall–Kier alpha value is -4.54. The van der Waals surface area contributed by atoms with Crippen molar-refractivity contribution >= 4 is 35.5 Å². The van der Waals surface area contributed by atoms with Crippen LogP contribution in [0.1, 0.15) is 111 Å². The number of benzene rings is 1. The van der Waals surface area contributed by atoms with E-state index in [1.54, 1.807) is 0 Å². The molecule has 0 bridgehead atoms. The summed E-state index contributed by atoms with van der Waals surface area (Å²) in [6, 6.07) is 5.63. The molecule has 16 heteroatoms. The number of allylic oxidation sites excluding steroid dienone is 1. The molecule has 0 fully saturated rings. The molecule has 0 aromatic heterocycles. The van der Waals surface area contributed by atoms with Crippen LogP contribution in [0, 0.1) is 0 Å². The fourth-order valence-electron chi connectivity index (χ4n) is 4.57. The quantitative estimate of drug-likeness (QED) is 0.0399. The third-order valence-electron chi connectivity index (χ3n) is 7.66. The van der Waals surface area contributed by atoms with Gasteiger partial charge in [0.25, 0.3) is 5.91 Å². The van der Waals surface area contributed by atoms with Gasteiger partial charge < -0.3 is 21.1 Å². The lowest BCUT2D eigenvalue weighted by Crippen LogP contribution is -2.31. The van der Waals surface area contributed by atoms with Gasteiger partial charge in [-0.25, -0.2) is 20.0 Å². The monoisotopic (exact) mass is 706 g/mol. The van der Waals surface area contributed by atoms with Gasteiger partial charge in [-0.1, -0.05) is 6.58 Å². The van der Waals surface area contributed by atoms with Crippen molar-refractivity contribution in [2.45, 2.75) is 90.4 Å². The Morgan fingerprint density at radius 2 is 1.02 bits per heavy atom. The minimum atomic E-state index is -1.06.